The van der Waals surface area contributed by atoms with Gasteiger partial charge in [0.2, 0.25) is 0 Å². The molecule has 2 atom stereocenters. The molecule has 0 heterocycles. The van der Waals surface area contributed by atoms with Crippen molar-refractivity contribution in [2.45, 2.75) is 44.1 Å². The molecule has 2 heteroatoms. The average Bonchev–Trinajstić information content (AvgIpc) is 2.33. The van der Waals surface area contributed by atoms with Crippen LogP contribution < -0.4 is 5.32 Å². The van der Waals surface area contributed by atoms with Gasteiger partial charge in [0.1, 0.15) is 0 Å². The van der Waals surface area contributed by atoms with Crippen LogP contribution in [0.2, 0.25) is 0 Å². The quantitative estimate of drug-likeness (QED) is 0.840. The van der Waals surface area contributed by atoms with Gasteiger partial charge >= 0.3 is 0 Å². The molecule has 17 heavy (non-hydrogen) atoms. The molecule has 2 rings (SSSR count). The molecule has 1 aliphatic carbocycles. The molecule has 0 unspecified atom stereocenters. The summed E-state index contributed by atoms with van der Waals surface area (Å²) in [4.78, 5) is 0. The van der Waals surface area contributed by atoms with Crippen molar-refractivity contribution in [1.29, 1.82) is 0 Å². The molecular weight excluding hydrogens is 210 g/mol. The van der Waals surface area contributed by atoms with Crippen molar-refractivity contribution in [3.63, 3.8) is 0 Å². The van der Waals surface area contributed by atoms with Crippen molar-refractivity contribution in [2.75, 3.05) is 13.6 Å². The standard InChI is InChI=1S/C15H23NO/c1-12-6-8-13(9-7-12)15(11-16-2)10-4-3-5-14(15)17/h6-9,14,16-17H,3-5,10-11H2,1-2H3/t14-,15-/m1/s1. The lowest BCUT2D eigenvalue weighted by Gasteiger charge is -2.42. The summed E-state index contributed by atoms with van der Waals surface area (Å²) in [7, 11) is 1.97. The van der Waals surface area contributed by atoms with Crippen LogP contribution in [0, 0.1) is 6.92 Å². The van der Waals surface area contributed by atoms with E-state index < -0.39 is 0 Å². The Balaban J connectivity index is 2.35. The van der Waals surface area contributed by atoms with Gasteiger partial charge in [-0.2, -0.15) is 0 Å². The lowest BCUT2D eigenvalue weighted by Crippen LogP contribution is -2.48. The maximum absolute atomic E-state index is 10.4. The van der Waals surface area contributed by atoms with Gasteiger partial charge in [0.05, 0.1) is 6.10 Å². The number of aryl methyl sites for hydroxylation is 1. The van der Waals surface area contributed by atoms with Crippen LogP contribution in [0.25, 0.3) is 0 Å². The second kappa shape index (κ2) is 5.19. The summed E-state index contributed by atoms with van der Waals surface area (Å²) in [5.41, 5.74) is 2.48. The molecular formula is C15H23NO. The second-order valence-corrected chi connectivity index (χ2v) is 5.31. The van der Waals surface area contributed by atoms with Crippen LogP contribution in [-0.2, 0) is 5.41 Å². The predicted octanol–water partition coefficient (Wildman–Crippen LogP) is 2.39. The van der Waals surface area contributed by atoms with Crippen molar-refractivity contribution < 1.29 is 5.11 Å². The molecule has 1 aliphatic rings. The highest BCUT2D eigenvalue weighted by Crippen LogP contribution is 2.39. The second-order valence-electron chi connectivity index (χ2n) is 5.31. The fourth-order valence-corrected chi connectivity index (χ4v) is 3.07. The molecule has 2 nitrogen and oxygen atoms in total. The van der Waals surface area contributed by atoms with E-state index in [1.165, 1.54) is 17.5 Å². The highest BCUT2D eigenvalue weighted by atomic mass is 16.3. The third-order valence-corrected chi connectivity index (χ3v) is 4.11. The minimum atomic E-state index is -0.216. The zero-order valence-electron chi connectivity index (χ0n) is 10.9. The maximum Gasteiger partial charge on any atom is 0.0649 e. The Morgan fingerprint density at radius 3 is 2.59 bits per heavy atom. The van der Waals surface area contributed by atoms with E-state index in [1.807, 2.05) is 7.05 Å². The molecule has 0 aromatic heterocycles. The van der Waals surface area contributed by atoms with Crippen molar-refractivity contribution in [3.05, 3.63) is 35.4 Å². The van der Waals surface area contributed by atoms with Crippen molar-refractivity contribution in [2.24, 2.45) is 0 Å². The zero-order valence-corrected chi connectivity index (χ0v) is 10.9. The van der Waals surface area contributed by atoms with E-state index in [-0.39, 0.29) is 11.5 Å². The zero-order chi connectivity index (χ0) is 12.3. The minimum Gasteiger partial charge on any atom is -0.392 e. The number of nitrogens with one attached hydrogen (secondary N) is 1. The normalized spacial score (nSPS) is 29.2. The maximum atomic E-state index is 10.4. The topological polar surface area (TPSA) is 32.3 Å². The average molecular weight is 233 g/mol. The largest absolute Gasteiger partial charge is 0.392 e. The molecule has 0 radical (unpaired) electrons. The smallest absolute Gasteiger partial charge is 0.0649 e. The number of benzene rings is 1. The molecule has 1 saturated carbocycles. The molecule has 0 saturated heterocycles. The Labute approximate surface area is 104 Å². The first-order valence-corrected chi connectivity index (χ1v) is 6.59. The summed E-state index contributed by atoms with van der Waals surface area (Å²) < 4.78 is 0. The van der Waals surface area contributed by atoms with E-state index in [4.69, 9.17) is 0 Å². The molecule has 0 amide bonds. The molecule has 1 aromatic rings. The first-order chi connectivity index (χ1) is 8.19. The van der Waals surface area contributed by atoms with Crippen LogP contribution >= 0.6 is 0 Å². The minimum absolute atomic E-state index is 0.0826. The van der Waals surface area contributed by atoms with Gasteiger partial charge in [0.15, 0.2) is 0 Å². The van der Waals surface area contributed by atoms with Crippen molar-refractivity contribution in [3.8, 4) is 0 Å². The van der Waals surface area contributed by atoms with Crippen LogP contribution in [0.5, 0.6) is 0 Å². The van der Waals surface area contributed by atoms with Gasteiger partial charge in [-0.3, -0.25) is 0 Å². The van der Waals surface area contributed by atoms with E-state index in [0.29, 0.717) is 0 Å². The fourth-order valence-electron chi connectivity index (χ4n) is 3.07. The lowest BCUT2D eigenvalue weighted by molar-refractivity contribution is 0.0424. The highest BCUT2D eigenvalue weighted by Gasteiger charge is 2.40. The fraction of sp³-hybridized carbons (Fsp3) is 0.600. The van der Waals surface area contributed by atoms with E-state index >= 15 is 0 Å². The Morgan fingerprint density at radius 2 is 2.00 bits per heavy atom. The van der Waals surface area contributed by atoms with Crippen LogP contribution in [0.1, 0.15) is 36.8 Å². The van der Waals surface area contributed by atoms with Gasteiger partial charge in [0.25, 0.3) is 0 Å². The summed E-state index contributed by atoms with van der Waals surface area (Å²) >= 11 is 0. The molecule has 1 fully saturated rings. The SMILES string of the molecule is CNC[C@@]1(c2ccc(C)cc2)CCCC[C@H]1O. The number of hydrogen-bond donors (Lipinski definition) is 2. The molecule has 0 bridgehead atoms. The molecule has 1 aromatic carbocycles. The number of aliphatic hydroxyl groups excluding tert-OH is 1. The summed E-state index contributed by atoms with van der Waals surface area (Å²) in [6, 6.07) is 8.66. The van der Waals surface area contributed by atoms with Gasteiger partial charge in [0, 0.05) is 12.0 Å². The summed E-state index contributed by atoms with van der Waals surface area (Å²) in [6.45, 7) is 2.96. The van der Waals surface area contributed by atoms with Crippen LogP contribution in [0.3, 0.4) is 0 Å². The van der Waals surface area contributed by atoms with Gasteiger partial charge in [-0.05, 0) is 32.4 Å². The Kier molecular flexibility index (Phi) is 3.85. The third kappa shape index (κ3) is 2.38. The van der Waals surface area contributed by atoms with Crippen molar-refractivity contribution in [1.82, 2.24) is 5.32 Å². The number of rotatable bonds is 3. The Hall–Kier alpha value is -0.860. The number of aliphatic hydroxyl groups is 1. The molecule has 0 spiro atoms. The van der Waals surface area contributed by atoms with E-state index in [9.17, 15) is 5.11 Å². The van der Waals surface area contributed by atoms with Gasteiger partial charge in [-0.15, -0.1) is 0 Å². The highest BCUT2D eigenvalue weighted by molar-refractivity contribution is 5.31. The van der Waals surface area contributed by atoms with Gasteiger partial charge in [-0.1, -0.05) is 42.7 Å². The number of hydrogen-bond acceptors (Lipinski definition) is 2. The first-order valence-electron chi connectivity index (χ1n) is 6.59. The van der Waals surface area contributed by atoms with Crippen LogP contribution in [-0.4, -0.2) is 24.8 Å². The summed E-state index contributed by atoms with van der Waals surface area (Å²) in [6.07, 6.45) is 4.16. The van der Waals surface area contributed by atoms with E-state index in [1.54, 1.807) is 0 Å². The van der Waals surface area contributed by atoms with E-state index in [2.05, 4.69) is 36.5 Å². The monoisotopic (exact) mass is 233 g/mol. The molecule has 94 valence electrons. The Morgan fingerprint density at radius 1 is 1.29 bits per heavy atom. The summed E-state index contributed by atoms with van der Waals surface area (Å²) in [5.74, 6) is 0. The van der Waals surface area contributed by atoms with Crippen LogP contribution in [0.4, 0.5) is 0 Å². The van der Waals surface area contributed by atoms with E-state index in [0.717, 1.165) is 25.8 Å². The Bertz CT molecular complexity index is 356. The molecule has 0 aliphatic heterocycles. The van der Waals surface area contributed by atoms with Crippen LogP contribution in [0.15, 0.2) is 24.3 Å². The predicted molar refractivity (Wildman–Crippen MR) is 71.3 cm³/mol. The van der Waals surface area contributed by atoms with Crippen molar-refractivity contribution >= 4 is 0 Å². The summed E-state index contributed by atoms with van der Waals surface area (Å²) in [5, 5.41) is 13.7. The third-order valence-electron chi connectivity index (χ3n) is 4.11. The first kappa shape index (κ1) is 12.6. The van der Waals surface area contributed by atoms with Gasteiger partial charge in [-0.25, -0.2) is 0 Å². The molecule has 2 N–H and O–H groups in total. The van der Waals surface area contributed by atoms with Gasteiger partial charge < -0.3 is 10.4 Å². The number of likely N-dealkylation sites (N-methyl/N-ethyl adjacent to an activating group) is 1. The lowest BCUT2D eigenvalue weighted by atomic mass is 9.67.